The summed E-state index contributed by atoms with van der Waals surface area (Å²) in [6, 6.07) is 5.37. The first kappa shape index (κ1) is 21.3. The molecule has 2 rings (SSSR count). The van der Waals surface area contributed by atoms with Crippen LogP contribution < -0.4 is 5.69 Å². The highest BCUT2D eigenvalue weighted by Crippen LogP contribution is 2.15. The first-order valence-corrected chi connectivity index (χ1v) is 8.96. The normalized spacial score (nSPS) is 12.4. The number of benzene rings is 1. The Morgan fingerprint density at radius 3 is 2.04 bits per heavy atom. The van der Waals surface area contributed by atoms with Crippen molar-refractivity contribution in [3.8, 4) is 0 Å². The summed E-state index contributed by atoms with van der Waals surface area (Å²) in [5.74, 6) is 0. The third-order valence-corrected chi connectivity index (χ3v) is 3.37. The first-order valence-electron chi connectivity index (χ1n) is 8.96. The zero-order chi connectivity index (χ0) is 21.1. The Kier molecular flexibility index (Phi) is 6.01. The fourth-order valence-corrected chi connectivity index (χ4v) is 2.31. The van der Waals surface area contributed by atoms with Crippen LogP contribution in [0.3, 0.4) is 0 Å². The SMILES string of the molecule is CC(C)(C)OC(=O)N(CC=Cc1ccc2[nH]c(=O)[nH]c2c1)C(=O)OC(C)(C)C. The Bertz CT molecular complexity index is 913. The Balaban J connectivity index is 2.17. The molecule has 0 saturated heterocycles. The van der Waals surface area contributed by atoms with Gasteiger partial charge in [0.2, 0.25) is 0 Å². The Morgan fingerprint density at radius 1 is 0.964 bits per heavy atom. The van der Waals surface area contributed by atoms with Crippen molar-refractivity contribution in [2.75, 3.05) is 6.54 Å². The monoisotopic (exact) mass is 389 g/mol. The predicted octanol–water partition coefficient (Wildman–Crippen LogP) is 4.04. The summed E-state index contributed by atoms with van der Waals surface area (Å²) in [5.41, 5.74) is 0.404. The lowest BCUT2D eigenvalue weighted by molar-refractivity contribution is 0.00377. The summed E-state index contributed by atoms with van der Waals surface area (Å²) in [7, 11) is 0. The molecule has 152 valence electrons. The lowest BCUT2D eigenvalue weighted by Crippen LogP contribution is -2.43. The highest BCUT2D eigenvalue weighted by Gasteiger charge is 2.30. The van der Waals surface area contributed by atoms with Gasteiger partial charge in [-0.2, -0.15) is 0 Å². The largest absolute Gasteiger partial charge is 0.443 e. The number of fused-ring (bicyclic) bond motifs is 1. The molecule has 28 heavy (non-hydrogen) atoms. The van der Waals surface area contributed by atoms with Gasteiger partial charge in [0.15, 0.2) is 0 Å². The van der Waals surface area contributed by atoms with Gasteiger partial charge in [-0.3, -0.25) is 0 Å². The minimum Gasteiger partial charge on any atom is -0.443 e. The third-order valence-electron chi connectivity index (χ3n) is 3.37. The van der Waals surface area contributed by atoms with Crippen molar-refractivity contribution >= 4 is 29.3 Å². The van der Waals surface area contributed by atoms with Crippen molar-refractivity contribution in [3.05, 3.63) is 40.3 Å². The summed E-state index contributed by atoms with van der Waals surface area (Å²) < 4.78 is 10.6. The van der Waals surface area contributed by atoms with E-state index in [1.165, 1.54) is 0 Å². The quantitative estimate of drug-likeness (QED) is 0.824. The molecule has 8 heteroatoms. The van der Waals surface area contributed by atoms with Crippen molar-refractivity contribution in [2.24, 2.45) is 0 Å². The number of amides is 2. The van der Waals surface area contributed by atoms with Gasteiger partial charge in [-0.15, -0.1) is 0 Å². The average Bonchev–Trinajstić information content (AvgIpc) is 2.87. The molecule has 0 saturated carbocycles. The fraction of sp³-hybridized carbons (Fsp3) is 0.450. The average molecular weight is 389 g/mol. The molecule has 2 aromatic rings. The molecule has 1 heterocycles. The zero-order valence-corrected chi connectivity index (χ0v) is 17.1. The minimum absolute atomic E-state index is 0.0223. The van der Waals surface area contributed by atoms with E-state index < -0.39 is 23.4 Å². The molecule has 8 nitrogen and oxygen atoms in total. The lowest BCUT2D eigenvalue weighted by Gasteiger charge is -2.28. The van der Waals surface area contributed by atoms with E-state index >= 15 is 0 Å². The Hall–Kier alpha value is -3.03. The summed E-state index contributed by atoms with van der Waals surface area (Å²) >= 11 is 0. The molecular weight excluding hydrogens is 362 g/mol. The van der Waals surface area contributed by atoms with Gasteiger partial charge in [0, 0.05) is 0 Å². The number of carbonyl (C=O) groups excluding carboxylic acids is 2. The molecule has 0 bridgehead atoms. The maximum absolute atomic E-state index is 12.4. The molecule has 2 N–H and O–H groups in total. The second-order valence-corrected chi connectivity index (χ2v) is 8.36. The van der Waals surface area contributed by atoms with E-state index in [-0.39, 0.29) is 12.2 Å². The van der Waals surface area contributed by atoms with Gasteiger partial charge in [0.05, 0.1) is 17.6 Å². The van der Waals surface area contributed by atoms with Gasteiger partial charge in [0.25, 0.3) is 0 Å². The van der Waals surface area contributed by atoms with Gasteiger partial charge in [-0.05, 0) is 59.2 Å². The highest BCUT2D eigenvalue weighted by molar-refractivity contribution is 5.88. The van der Waals surface area contributed by atoms with Crippen LogP contribution in [0.5, 0.6) is 0 Å². The summed E-state index contributed by atoms with van der Waals surface area (Å²) in [4.78, 5) is 42.5. The van der Waals surface area contributed by atoms with Crippen LogP contribution in [0.4, 0.5) is 9.59 Å². The molecule has 0 fully saturated rings. The molecule has 0 aliphatic heterocycles. The number of nitrogens with one attached hydrogen (secondary N) is 2. The molecule has 0 aliphatic carbocycles. The van der Waals surface area contributed by atoms with Crippen LogP contribution in [-0.2, 0) is 9.47 Å². The summed E-state index contributed by atoms with van der Waals surface area (Å²) in [6.07, 6.45) is 1.83. The predicted molar refractivity (Wildman–Crippen MR) is 107 cm³/mol. The molecule has 0 spiro atoms. The van der Waals surface area contributed by atoms with Crippen molar-refractivity contribution in [2.45, 2.75) is 52.7 Å². The van der Waals surface area contributed by atoms with E-state index in [0.717, 1.165) is 10.5 Å². The van der Waals surface area contributed by atoms with Crippen LogP contribution in [-0.4, -0.2) is 44.8 Å². The highest BCUT2D eigenvalue weighted by atomic mass is 16.6. The van der Waals surface area contributed by atoms with Crippen molar-refractivity contribution < 1.29 is 19.1 Å². The van der Waals surface area contributed by atoms with Crippen LogP contribution >= 0.6 is 0 Å². The molecule has 0 radical (unpaired) electrons. The van der Waals surface area contributed by atoms with E-state index in [9.17, 15) is 14.4 Å². The van der Waals surface area contributed by atoms with E-state index in [1.807, 2.05) is 6.07 Å². The van der Waals surface area contributed by atoms with E-state index in [1.54, 1.807) is 65.8 Å². The number of nitrogens with zero attached hydrogens (tertiary/aromatic N) is 1. The molecule has 1 aromatic heterocycles. The number of aromatic amines is 2. The van der Waals surface area contributed by atoms with Crippen LogP contribution in [0.1, 0.15) is 47.1 Å². The number of imide groups is 1. The fourth-order valence-electron chi connectivity index (χ4n) is 2.31. The number of ether oxygens (including phenoxy) is 2. The van der Waals surface area contributed by atoms with E-state index in [4.69, 9.17) is 9.47 Å². The number of carbonyl (C=O) groups is 2. The second kappa shape index (κ2) is 7.92. The smallest absolute Gasteiger partial charge is 0.420 e. The van der Waals surface area contributed by atoms with Crippen molar-refractivity contribution in [1.29, 1.82) is 0 Å². The number of hydrogen-bond acceptors (Lipinski definition) is 5. The van der Waals surface area contributed by atoms with Crippen molar-refractivity contribution in [1.82, 2.24) is 14.9 Å². The Labute approximate surface area is 163 Å². The number of H-pyrrole nitrogens is 2. The third kappa shape index (κ3) is 6.29. The first-order chi connectivity index (χ1) is 12.8. The molecule has 2 amide bonds. The van der Waals surface area contributed by atoms with Crippen LogP contribution in [0.25, 0.3) is 17.1 Å². The van der Waals surface area contributed by atoms with Gasteiger partial charge in [-0.25, -0.2) is 19.3 Å². The lowest BCUT2D eigenvalue weighted by atomic mass is 10.2. The summed E-state index contributed by atoms with van der Waals surface area (Å²) in [5, 5.41) is 0. The van der Waals surface area contributed by atoms with Gasteiger partial charge < -0.3 is 19.4 Å². The minimum atomic E-state index is -0.781. The molecule has 0 unspecified atom stereocenters. The van der Waals surface area contributed by atoms with E-state index in [2.05, 4.69) is 9.97 Å². The standard InChI is InChI=1S/C20H27N3O5/c1-19(2,3)27-17(25)23(18(26)28-20(4,5)6)11-7-8-13-9-10-14-15(12-13)22-16(24)21-14/h7-10,12H,11H2,1-6H3,(H2,21,22,24). The topological polar surface area (TPSA) is 104 Å². The molecular formula is C20H27N3O5. The van der Waals surface area contributed by atoms with E-state index in [0.29, 0.717) is 11.0 Å². The second-order valence-electron chi connectivity index (χ2n) is 8.36. The number of hydrogen-bond donors (Lipinski definition) is 2. The maximum Gasteiger partial charge on any atom is 0.420 e. The van der Waals surface area contributed by atoms with Crippen molar-refractivity contribution in [3.63, 3.8) is 0 Å². The van der Waals surface area contributed by atoms with Gasteiger partial charge >= 0.3 is 17.9 Å². The zero-order valence-electron chi connectivity index (χ0n) is 17.1. The molecule has 1 aromatic carbocycles. The van der Waals surface area contributed by atoms with Crippen LogP contribution in [0, 0.1) is 0 Å². The molecule has 0 aliphatic rings. The van der Waals surface area contributed by atoms with Gasteiger partial charge in [0.1, 0.15) is 11.2 Å². The Morgan fingerprint density at radius 2 is 1.50 bits per heavy atom. The van der Waals surface area contributed by atoms with Crippen LogP contribution in [0.15, 0.2) is 29.1 Å². The van der Waals surface area contributed by atoms with Crippen LogP contribution in [0.2, 0.25) is 0 Å². The summed E-state index contributed by atoms with van der Waals surface area (Å²) in [6.45, 7) is 10.3. The maximum atomic E-state index is 12.4. The molecule has 0 atom stereocenters. The number of imidazole rings is 1. The number of aromatic nitrogens is 2. The van der Waals surface area contributed by atoms with Gasteiger partial charge in [-0.1, -0.05) is 18.2 Å². The number of rotatable bonds is 3.